The van der Waals surface area contributed by atoms with Crippen LogP contribution < -0.4 is 28.7 Å². The Morgan fingerprint density at radius 2 is 1.93 bits per heavy atom. The molecule has 0 spiro atoms. The van der Waals surface area contributed by atoms with Gasteiger partial charge in [0.15, 0.2) is 0 Å². The lowest BCUT2D eigenvalue weighted by molar-refractivity contribution is 0.393. The number of nitrogen functional groups attached to an aromatic ring is 2. The molecule has 0 amide bonds. The van der Waals surface area contributed by atoms with Crippen molar-refractivity contribution in [1.29, 1.82) is 0 Å². The Bertz CT molecular complexity index is 294. The summed E-state index contributed by atoms with van der Waals surface area (Å²) in [5.74, 6) is 0.379. The lowest BCUT2D eigenvalue weighted by atomic mass is 10.1. The number of nitrogens with zero attached hydrogens (tertiary/aromatic N) is 2. The maximum Gasteiger partial charge on any atom is 0.145 e. The molecule has 14 heavy (non-hydrogen) atoms. The van der Waals surface area contributed by atoms with E-state index in [-0.39, 0.29) is 12.1 Å². The van der Waals surface area contributed by atoms with Crippen LogP contribution in [-0.4, -0.2) is 28.9 Å². The van der Waals surface area contributed by atoms with E-state index in [2.05, 4.69) is 5.10 Å². The summed E-state index contributed by atoms with van der Waals surface area (Å²) in [6.45, 7) is 0.644. The first-order chi connectivity index (χ1) is 6.61. The van der Waals surface area contributed by atoms with Crippen LogP contribution in [0, 0.1) is 0 Å². The molecule has 1 rings (SSSR count). The first kappa shape index (κ1) is 10.8. The van der Waals surface area contributed by atoms with Gasteiger partial charge in [0.05, 0.1) is 17.9 Å². The molecule has 0 aliphatic carbocycles. The molecular formula is C7H17N7. The van der Waals surface area contributed by atoms with Crippen LogP contribution in [0.1, 0.15) is 6.04 Å². The van der Waals surface area contributed by atoms with Gasteiger partial charge in [-0.2, -0.15) is 5.10 Å². The van der Waals surface area contributed by atoms with E-state index in [4.69, 9.17) is 28.7 Å². The van der Waals surface area contributed by atoms with Gasteiger partial charge in [0.2, 0.25) is 0 Å². The van der Waals surface area contributed by atoms with Gasteiger partial charge in [-0.15, -0.1) is 0 Å². The zero-order valence-corrected chi connectivity index (χ0v) is 7.93. The molecule has 0 saturated carbocycles. The van der Waals surface area contributed by atoms with E-state index in [1.807, 2.05) is 0 Å². The maximum absolute atomic E-state index is 5.78. The van der Waals surface area contributed by atoms with Crippen molar-refractivity contribution in [2.45, 2.75) is 12.1 Å². The second-order valence-corrected chi connectivity index (χ2v) is 3.13. The molecule has 2 unspecified atom stereocenters. The van der Waals surface area contributed by atoms with Crippen LogP contribution in [0.3, 0.4) is 0 Å². The van der Waals surface area contributed by atoms with Gasteiger partial charge < -0.3 is 28.7 Å². The van der Waals surface area contributed by atoms with E-state index >= 15 is 0 Å². The van der Waals surface area contributed by atoms with E-state index in [0.29, 0.717) is 24.6 Å². The number of hydrogen-bond acceptors (Lipinski definition) is 6. The second-order valence-electron chi connectivity index (χ2n) is 3.13. The van der Waals surface area contributed by atoms with Crippen LogP contribution in [0.5, 0.6) is 0 Å². The van der Waals surface area contributed by atoms with E-state index in [9.17, 15) is 0 Å². The van der Waals surface area contributed by atoms with Crippen LogP contribution in [0.2, 0.25) is 0 Å². The van der Waals surface area contributed by atoms with E-state index in [1.54, 1.807) is 0 Å². The molecule has 0 aliphatic heterocycles. The highest BCUT2D eigenvalue weighted by Gasteiger charge is 2.20. The average Bonchev–Trinajstić information content (AvgIpc) is 2.50. The van der Waals surface area contributed by atoms with Gasteiger partial charge >= 0.3 is 0 Å². The largest absolute Gasteiger partial charge is 0.394 e. The van der Waals surface area contributed by atoms with Crippen LogP contribution in [-0.2, 0) is 0 Å². The Hall–Kier alpha value is -1.31. The Labute approximate surface area is 82.2 Å². The quantitative estimate of drug-likeness (QED) is 0.373. The van der Waals surface area contributed by atoms with Crippen molar-refractivity contribution in [3.8, 4) is 0 Å². The van der Waals surface area contributed by atoms with Gasteiger partial charge in [0.1, 0.15) is 5.82 Å². The summed E-state index contributed by atoms with van der Waals surface area (Å²) in [5.41, 5.74) is 28.5. The van der Waals surface area contributed by atoms with Crippen molar-refractivity contribution in [3.63, 3.8) is 0 Å². The molecule has 10 N–H and O–H groups in total. The van der Waals surface area contributed by atoms with E-state index < -0.39 is 0 Å². The minimum Gasteiger partial charge on any atom is -0.394 e. The zero-order chi connectivity index (χ0) is 10.7. The summed E-state index contributed by atoms with van der Waals surface area (Å²) in [4.78, 5) is 0. The lowest BCUT2D eigenvalue weighted by Crippen LogP contribution is -2.43. The molecule has 1 aromatic rings. The third kappa shape index (κ3) is 1.79. The summed E-state index contributed by atoms with van der Waals surface area (Å²) >= 11 is 0. The third-order valence-electron chi connectivity index (χ3n) is 2.19. The fraction of sp³-hybridized carbons (Fsp3) is 0.571. The van der Waals surface area contributed by atoms with Crippen LogP contribution in [0.25, 0.3) is 0 Å². The van der Waals surface area contributed by atoms with Crippen LogP contribution >= 0.6 is 0 Å². The minimum atomic E-state index is -0.276. The van der Waals surface area contributed by atoms with E-state index in [1.165, 1.54) is 10.9 Å². The fourth-order valence-corrected chi connectivity index (χ4v) is 1.26. The number of hydrogen-bond donors (Lipinski definition) is 5. The topological polar surface area (TPSA) is 148 Å². The van der Waals surface area contributed by atoms with Gasteiger partial charge in [-0.3, -0.25) is 0 Å². The molecule has 0 aliphatic rings. The molecule has 0 saturated heterocycles. The smallest absolute Gasteiger partial charge is 0.145 e. The Kier molecular flexibility index (Phi) is 3.28. The summed E-state index contributed by atoms with van der Waals surface area (Å²) in [6, 6.07) is -0.487. The molecular weight excluding hydrogens is 182 g/mol. The normalized spacial score (nSPS) is 15.4. The van der Waals surface area contributed by atoms with Crippen molar-refractivity contribution in [2.75, 3.05) is 24.6 Å². The molecule has 2 atom stereocenters. The molecule has 80 valence electrons. The SMILES string of the molecule is NCC(N)C(CN)n1ncc(N)c1N. The Morgan fingerprint density at radius 3 is 2.29 bits per heavy atom. The highest BCUT2D eigenvalue weighted by atomic mass is 15.3. The predicted molar refractivity (Wildman–Crippen MR) is 56.2 cm³/mol. The van der Waals surface area contributed by atoms with Crippen molar-refractivity contribution in [3.05, 3.63) is 6.20 Å². The Morgan fingerprint density at radius 1 is 1.29 bits per heavy atom. The first-order valence-corrected chi connectivity index (χ1v) is 4.36. The van der Waals surface area contributed by atoms with Crippen molar-refractivity contribution >= 4 is 11.5 Å². The standard InChI is InChI=1S/C7H17N7/c8-1-4(10)6(2-9)14-7(12)5(11)3-13-14/h3-4,6H,1-2,8-12H2. The van der Waals surface area contributed by atoms with Gasteiger partial charge in [-0.25, -0.2) is 4.68 Å². The Balaban J connectivity index is 2.94. The van der Waals surface area contributed by atoms with Crippen LogP contribution in [0.4, 0.5) is 11.5 Å². The summed E-state index contributed by atoms with van der Waals surface area (Å²) in [5, 5.41) is 4.01. The van der Waals surface area contributed by atoms with Crippen LogP contribution in [0.15, 0.2) is 6.20 Å². The third-order valence-corrected chi connectivity index (χ3v) is 2.19. The summed E-state index contributed by atoms with van der Waals surface area (Å²) in [6.07, 6.45) is 1.47. The summed E-state index contributed by atoms with van der Waals surface area (Å²) in [7, 11) is 0. The monoisotopic (exact) mass is 199 g/mol. The number of aromatic nitrogens is 2. The van der Waals surface area contributed by atoms with E-state index in [0.717, 1.165) is 0 Å². The van der Waals surface area contributed by atoms with Gasteiger partial charge in [0, 0.05) is 19.1 Å². The minimum absolute atomic E-state index is 0.211. The lowest BCUT2D eigenvalue weighted by Gasteiger charge is -2.22. The van der Waals surface area contributed by atoms with Gasteiger partial charge in [-0.05, 0) is 0 Å². The maximum atomic E-state index is 5.78. The molecule has 1 heterocycles. The number of nitrogens with two attached hydrogens (primary N) is 5. The summed E-state index contributed by atoms with van der Waals surface area (Å²) < 4.78 is 1.52. The van der Waals surface area contributed by atoms with Gasteiger partial charge in [0.25, 0.3) is 0 Å². The molecule has 0 fully saturated rings. The van der Waals surface area contributed by atoms with Crippen molar-refractivity contribution in [2.24, 2.45) is 17.2 Å². The fourth-order valence-electron chi connectivity index (χ4n) is 1.26. The second kappa shape index (κ2) is 4.27. The predicted octanol–water partition coefficient (Wildman–Crippen LogP) is -2.17. The average molecular weight is 199 g/mol. The highest BCUT2D eigenvalue weighted by Crippen LogP contribution is 2.18. The highest BCUT2D eigenvalue weighted by molar-refractivity contribution is 5.57. The molecule has 7 heteroatoms. The molecule has 1 aromatic heterocycles. The molecule has 0 bridgehead atoms. The molecule has 7 nitrogen and oxygen atoms in total. The van der Waals surface area contributed by atoms with Crippen molar-refractivity contribution < 1.29 is 0 Å². The van der Waals surface area contributed by atoms with Gasteiger partial charge in [-0.1, -0.05) is 0 Å². The number of anilines is 2. The number of rotatable bonds is 4. The first-order valence-electron chi connectivity index (χ1n) is 4.36. The molecule has 0 radical (unpaired) electrons. The molecule has 0 aromatic carbocycles. The van der Waals surface area contributed by atoms with Crippen molar-refractivity contribution in [1.82, 2.24) is 9.78 Å². The zero-order valence-electron chi connectivity index (χ0n) is 7.93.